The number of nitrogens with zero attached hydrogens (tertiary/aromatic N) is 1. The van der Waals surface area contributed by atoms with E-state index >= 15 is 0 Å². The van der Waals surface area contributed by atoms with Gasteiger partial charge in [-0.1, -0.05) is 12.1 Å². The molecule has 3 unspecified atom stereocenters. The normalized spacial score (nSPS) is 21.9. The van der Waals surface area contributed by atoms with Crippen LogP contribution < -0.4 is 10.4 Å². The van der Waals surface area contributed by atoms with Crippen LogP contribution in [-0.2, 0) is 16.6 Å². The molecule has 6 nitrogen and oxygen atoms in total. The number of hydrogen-bond acceptors (Lipinski definition) is 3. The van der Waals surface area contributed by atoms with Crippen LogP contribution in [0.3, 0.4) is 0 Å². The molecule has 1 aliphatic heterocycles. The molecular formula is C21H22FN3O3. The van der Waals surface area contributed by atoms with E-state index in [1.165, 1.54) is 13.0 Å². The van der Waals surface area contributed by atoms with Crippen molar-refractivity contribution >= 4 is 16.8 Å². The van der Waals surface area contributed by atoms with Gasteiger partial charge in [-0.15, -0.1) is 0 Å². The average Bonchev–Trinajstić information content (AvgIpc) is 3.22. The molecule has 2 heterocycles. The number of aryl methyl sites for hydroxylation is 1. The molecule has 1 aromatic heterocycles. The Hall–Kier alpha value is -2.74. The number of carbonyl (C=O) groups excluding carboxylic acids is 1. The molecule has 0 bridgehead atoms. The Balaban J connectivity index is 1.56. The van der Waals surface area contributed by atoms with E-state index in [0.29, 0.717) is 11.1 Å². The Morgan fingerprint density at radius 3 is 2.89 bits per heavy atom. The summed E-state index contributed by atoms with van der Waals surface area (Å²) in [5, 5.41) is 15.9. The maximum Gasteiger partial charge on any atom is 0.219 e. The van der Waals surface area contributed by atoms with E-state index in [4.69, 9.17) is 4.74 Å². The van der Waals surface area contributed by atoms with Crippen molar-refractivity contribution < 1.29 is 19.0 Å². The standard InChI is InChI=1S/C21H22FN3O3/c1-13(26)23-11-17-12-25(27)21(28-17)16-3-5-18(19(22)10-16)14-4-6-20-15(9-14)7-8-24(20)2/h3-10,17,21,25H,11-12H2,1-2H3,(H,23,26). The number of carbonyl (C=O) groups is 1. The van der Waals surface area contributed by atoms with Crippen LogP contribution in [0, 0.1) is 11.0 Å². The molecule has 4 rings (SSSR count). The number of hydroxylamine groups is 2. The van der Waals surface area contributed by atoms with Crippen molar-refractivity contribution in [2.24, 2.45) is 7.05 Å². The molecule has 0 saturated carbocycles. The van der Waals surface area contributed by atoms with Gasteiger partial charge in [0.2, 0.25) is 12.1 Å². The number of benzene rings is 2. The fraction of sp³-hybridized carbons (Fsp3) is 0.286. The van der Waals surface area contributed by atoms with Gasteiger partial charge in [-0.2, -0.15) is 0 Å². The number of ether oxygens (including phenoxy) is 1. The molecule has 0 aliphatic carbocycles. The minimum absolute atomic E-state index is 0.104. The monoisotopic (exact) mass is 383 g/mol. The van der Waals surface area contributed by atoms with Crippen LogP contribution in [0.2, 0.25) is 0 Å². The molecule has 28 heavy (non-hydrogen) atoms. The van der Waals surface area contributed by atoms with Gasteiger partial charge in [0, 0.05) is 48.7 Å². The molecule has 1 aliphatic rings. The third-order valence-electron chi connectivity index (χ3n) is 5.12. The van der Waals surface area contributed by atoms with Gasteiger partial charge in [-0.05, 0) is 35.9 Å². The molecular weight excluding hydrogens is 361 g/mol. The van der Waals surface area contributed by atoms with E-state index in [0.717, 1.165) is 16.5 Å². The summed E-state index contributed by atoms with van der Waals surface area (Å²) in [4.78, 5) is 11.0. The zero-order valence-electron chi connectivity index (χ0n) is 15.7. The fourth-order valence-corrected chi connectivity index (χ4v) is 3.67. The maximum absolute atomic E-state index is 14.8. The van der Waals surface area contributed by atoms with Gasteiger partial charge in [0.1, 0.15) is 18.5 Å². The van der Waals surface area contributed by atoms with E-state index in [9.17, 15) is 14.4 Å². The molecule has 1 fully saturated rings. The molecule has 2 aromatic carbocycles. The summed E-state index contributed by atoms with van der Waals surface area (Å²) in [7, 11) is 1.97. The van der Waals surface area contributed by atoms with Gasteiger partial charge < -0.3 is 24.9 Å². The smallest absolute Gasteiger partial charge is 0.219 e. The third-order valence-corrected chi connectivity index (χ3v) is 5.12. The van der Waals surface area contributed by atoms with Gasteiger partial charge in [0.25, 0.3) is 0 Å². The van der Waals surface area contributed by atoms with Crippen molar-refractivity contribution in [2.75, 3.05) is 13.1 Å². The molecule has 2 N–H and O–H groups in total. The van der Waals surface area contributed by atoms with Crippen LogP contribution in [0.4, 0.5) is 4.39 Å². The first kappa shape index (κ1) is 18.6. The van der Waals surface area contributed by atoms with Crippen molar-refractivity contribution in [3.8, 4) is 11.1 Å². The van der Waals surface area contributed by atoms with Gasteiger partial charge in [0.15, 0.2) is 0 Å². The Bertz CT molecular complexity index is 1030. The molecule has 3 atom stereocenters. The Morgan fingerprint density at radius 1 is 1.32 bits per heavy atom. The summed E-state index contributed by atoms with van der Waals surface area (Å²) < 4.78 is 22.6. The number of amides is 1. The van der Waals surface area contributed by atoms with Gasteiger partial charge in [0.05, 0.1) is 0 Å². The lowest BCUT2D eigenvalue weighted by Crippen LogP contribution is -3.06. The van der Waals surface area contributed by atoms with Gasteiger partial charge >= 0.3 is 0 Å². The van der Waals surface area contributed by atoms with Crippen LogP contribution in [-0.4, -0.2) is 29.7 Å². The highest BCUT2D eigenvalue weighted by atomic mass is 19.1. The summed E-state index contributed by atoms with van der Waals surface area (Å²) in [6.45, 7) is 1.89. The summed E-state index contributed by atoms with van der Waals surface area (Å²) in [5.74, 6) is -0.570. The number of hydrogen-bond donors (Lipinski definition) is 2. The number of halogens is 1. The topological polar surface area (TPSA) is 70.8 Å². The van der Waals surface area contributed by atoms with Crippen molar-refractivity contribution in [3.63, 3.8) is 0 Å². The van der Waals surface area contributed by atoms with Crippen molar-refractivity contribution in [2.45, 2.75) is 19.3 Å². The highest BCUT2D eigenvalue weighted by molar-refractivity contribution is 5.85. The zero-order chi connectivity index (χ0) is 19.8. The average molecular weight is 383 g/mol. The van der Waals surface area contributed by atoms with Gasteiger partial charge in [-0.25, -0.2) is 4.39 Å². The SMILES string of the molecule is CC(=O)NCC1C[NH+]([O-])C(c2ccc(-c3ccc4c(ccn4C)c3)c(F)c2)O1. The van der Waals surface area contributed by atoms with E-state index in [2.05, 4.69) is 5.32 Å². The van der Waals surface area contributed by atoms with E-state index in [-0.39, 0.29) is 30.2 Å². The Morgan fingerprint density at radius 2 is 2.14 bits per heavy atom. The van der Waals surface area contributed by atoms with E-state index < -0.39 is 12.0 Å². The van der Waals surface area contributed by atoms with Crippen LogP contribution in [0.5, 0.6) is 0 Å². The molecule has 0 spiro atoms. The molecule has 0 radical (unpaired) electrons. The lowest BCUT2D eigenvalue weighted by Gasteiger charge is -2.22. The van der Waals surface area contributed by atoms with Gasteiger partial charge in [-0.3, -0.25) is 4.79 Å². The quantitative estimate of drug-likeness (QED) is 0.676. The Labute approximate surface area is 162 Å². The van der Waals surface area contributed by atoms with E-state index in [1.807, 2.05) is 42.1 Å². The second-order valence-corrected chi connectivity index (χ2v) is 7.19. The minimum Gasteiger partial charge on any atom is -0.632 e. The second-order valence-electron chi connectivity index (χ2n) is 7.19. The van der Waals surface area contributed by atoms with Crippen LogP contribution in [0.25, 0.3) is 22.0 Å². The van der Waals surface area contributed by atoms with E-state index in [1.54, 1.807) is 12.1 Å². The maximum atomic E-state index is 14.8. The Kier molecular flexibility index (Phi) is 4.89. The second kappa shape index (κ2) is 7.35. The number of quaternary nitrogens is 1. The highest BCUT2D eigenvalue weighted by Gasteiger charge is 2.34. The first-order chi connectivity index (χ1) is 13.4. The molecule has 7 heteroatoms. The lowest BCUT2D eigenvalue weighted by molar-refractivity contribution is -0.882. The molecule has 146 valence electrons. The number of aromatic nitrogens is 1. The predicted octanol–water partition coefficient (Wildman–Crippen LogP) is 1.90. The molecule has 1 amide bonds. The first-order valence-corrected chi connectivity index (χ1v) is 9.20. The summed E-state index contributed by atoms with van der Waals surface area (Å²) in [6, 6.07) is 12.6. The highest BCUT2D eigenvalue weighted by Crippen LogP contribution is 2.29. The zero-order valence-corrected chi connectivity index (χ0v) is 15.7. The summed E-state index contributed by atoms with van der Waals surface area (Å²) >= 11 is 0. The number of fused-ring (bicyclic) bond motifs is 1. The molecule has 1 saturated heterocycles. The number of rotatable bonds is 4. The van der Waals surface area contributed by atoms with Crippen LogP contribution >= 0.6 is 0 Å². The summed E-state index contributed by atoms with van der Waals surface area (Å²) in [5.41, 5.74) is 2.84. The van der Waals surface area contributed by atoms with Crippen molar-refractivity contribution in [1.82, 2.24) is 9.88 Å². The fourth-order valence-electron chi connectivity index (χ4n) is 3.67. The summed E-state index contributed by atoms with van der Waals surface area (Å²) in [6.07, 6.45) is 0.789. The minimum atomic E-state index is -0.793. The molecule has 3 aromatic rings. The lowest BCUT2D eigenvalue weighted by atomic mass is 10.0. The van der Waals surface area contributed by atoms with Crippen molar-refractivity contribution in [1.29, 1.82) is 0 Å². The predicted molar refractivity (Wildman–Crippen MR) is 104 cm³/mol. The largest absolute Gasteiger partial charge is 0.632 e. The third kappa shape index (κ3) is 3.52. The first-order valence-electron chi connectivity index (χ1n) is 9.20. The number of nitrogens with one attached hydrogen (secondary N) is 2. The van der Waals surface area contributed by atoms with Crippen molar-refractivity contribution in [3.05, 3.63) is 65.2 Å². The van der Waals surface area contributed by atoms with Crippen LogP contribution in [0.1, 0.15) is 18.7 Å². The van der Waals surface area contributed by atoms with Crippen LogP contribution in [0.15, 0.2) is 48.7 Å².